The molecule has 0 amide bonds. The molecule has 0 spiro atoms. The second-order valence-electron chi connectivity index (χ2n) is 4.01. The third kappa shape index (κ3) is 3.00. The van der Waals surface area contributed by atoms with Gasteiger partial charge in [-0.25, -0.2) is 0 Å². The Kier molecular flexibility index (Phi) is 4.09. The van der Waals surface area contributed by atoms with Gasteiger partial charge in [0.2, 0.25) is 0 Å². The highest BCUT2D eigenvalue weighted by Gasteiger charge is 2.13. The van der Waals surface area contributed by atoms with Crippen LogP contribution in [0.25, 0.3) is 0 Å². The quantitative estimate of drug-likeness (QED) is 0.487. The van der Waals surface area contributed by atoms with Crippen LogP contribution >= 0.6 is 15.9 Å². The van der Waals surface area contributed by atoms with E-state index in [0.717, 1.165) is 22.9 Å². The number of rotatable bonds is 4. The topological polar surface area (TPSA) is 82.2 Å². The standard InChI is InChI=1S/C13H9BrN2O4/c14-11-4-2-1-3-10(11)12(17)8-15-7-9(16(19)20)5-6-13(15)18/h1-7H,8H2. The molecule has 0 aliphatic rings. The monoisotopic (exact) mass is 336 g/mol. The lowest BCUT2D eigenvalue weighted by atomic mass is 10.1. The molecular formula is C13H9BrN2O4. The summed E-state index contributed by atoms with van der Waals surface area (Å²) >= 11 is 3.25. The number of nitrogens with zero attached hydrogens (tertiary/aromatic N) is 2. The van der Waals surface area contributed by atoms with Gasteiger partial charge in [0.1, 0.15) is 0 Å². The summed E-state index contributed by atoms with van der Waals surface area (Å²) in [6.45, 7) is -0.247. The van der Waals surface area contributed by atoms with Gasteiger partial charge in [-0.05, 0) is 6.07 Å². The molecule has 102 valence electrons. The lowest BCUT2D eigenvalue weighted by Crippen LogP contribution is -2.23. The minimum absolute atomic E-state index is 0.232. The van der Waals surface area contributed by atoms with E-state index in [1.807, 2.05) is 0 Å². The maximum Gasteiger partial charge on any atom is 0.285 e. The Labute approximate surface area is 121 Å². The number of Topliss-reactive ketones (excluding diaryl/α,β-unsaturated/α-hetero) is 1. The molecule has 2 aromatic rings. The van der Waals surface area contributed by atoms with Gasteiger partial charge >= 0.3 is 0 Å². The first-order valence-electron chi connectivity index (χ1n) is 5.61. The molecule has 0 atom stereocenters. The van der Waals surface area contributed by atoms with E-state index in [1.54, 1.807) is 24.3 Å². The van der Waals surface area contributed by atoms with Crippen molar-refractivity contribution in [3.63, 3.8) is 0 Å². The molecule has 1 heterocycles. The molecule has 1 aromatic heterocycles. The predicted octanol–water partition coefficient (Wildman–Crippen LogP) is 2.40. The van der Waals surface area contributed by atoms with Crippen LogP contribution in [0.5, 0.6) is 0 Å². The second-order valence-corrected chi connectivity index (χ2v) is 4.87. The van der Waals surface area contributed by atoms with E-state index in [1.165, 1.54) is 0 Å². The first-order valence-corrected chi connectivity index (χ1v) is 6.41. The van der Waals surface area contributed by atoms with Gasteiger partial charge in [0.15, 0.2) is 5.78 Å². The van der Waals surface area contributed by atoms with E-state index < -0.39 is 10.5 Å². The van der Waals surface area contributed by atoms with Crippen molar-refractivity contribution in [2.45, 2.75) is 6.54 Å². The zero-order valence-electron chi connectivity index (χ0n) is 10.2. The normalized spacial score (nSPS) is 10.2. The molecule has 0 saturated heterocycles. The summed E-state index contributed by atoms with van der Waals surface area (Å²) in [5.74, 6) is -0.305. The van der Waals surface area contributed by atoms with E-state index >= 15 is 0 Å². The zero-order valence-corrected chi connectivity index (χ0v) is 11.7. The van der Waals surface area contributed by atoms with E-state index in [9.17, 15) is 19.7 Å². The van der Waals surface area contributed by atoms with Crippen LogP contribution in [-0.4, -0.2) is 15.3 Å². The van der Waals surface area contributed by atoms with E-state index in [0.29, 0.717) is 10.0 Å². The zero-order chi connectivity index (χ0) is 14.7. The molecule has 0 fully saturated rings. The molecule has 0 bridgehead atoms. The third-order valence-corrected chi connectivity index (χ3v) is 3.36. The summed E-state index contributed by atoms with van der Waals surface area (Å²) < 4.78 is 1.64. The average Bonchev–Trinajstić information content (AvgIpc) is 2.41. The lowest BCUT2D eigenvalue weighted by molar-refractivity contribution is -0.385. The number of ketones is 1. The van der Waals surface area contributed by atoms with Crippen LogP contribution in [0.15, 0.2) is 51.9 Å². The van der Waals surface area contributed by atoms with Gasteiger partial charge in [-0.1, -0.05) is 34.1 Å². The van der Waals surface area contributed by atoms with Crippen molar-refractivity contribution in [1.82, 2.24) is 4.57 Å². The highest BCUT2D eigenvalue weighted by atomic mass is 79.9. The van der Waals surface area contributed by atoms with Crippen LogP contribution in [0.4, 0.5) is 5.69 Å². The average molecular weight is 337 g/mol. The summed E-state index contributed by atoms with van der Waals surface area (Å²) in [5.41, 5.74) is -0.272. The van der Waals surface area contributed by atoms with Crippen molar-refractivity contribution in [2.24, 2.45) is 0 Å². The van der Waals surface area contributed by atoms with Crippen LogP contribution in [0.2, 0.25) is 0 Å². The van der Waals surface area contributed by atoms with Crippen LogP contribution in [0.3, 0.4) is 0 Å². The summed E-state index contributed by atoms with van der Waals surface area (Å²) in [4.78, 5) is 33.8. The molecule has 7 heteroatoms. The molecule has 20 heavy (non-hydrogen) atoms. The Morgan fingerprint density at radius 1 is 1.25 bits per heavy atom. The fourth-order valence-corrected chi connectivity index (χ4v) is 2.18. The number of benzene rings is 1. The summed E-state index contributed by atoms with van der Waals surface area (Å²) in [6.07, 6.45) is 1.07. The molecule has 2 rings (SSSR count). The van der Waals surface area contributed by atoms with Crippen molar-refractivity contribution in [3.8, 4) is 0 Å². The predicted molar refractivity (Wildman–Crippen MR) is 75.8 cm³/mol. The Balaban J connectivity index is 2.33. The van der Waals surface area contributed by atoms with Gasteiger partial charge in [-0.3, -0.25) is 19.7 Å². The van der Waals surface area contributed by atoms with Crippen molar-refractivity contribution < 1.29 is 9.72 Å². The second kappa shape index (κ2) is 5.79. The molecule has 0 unspecified atom stereocenters. The fraction of sp³-hybridized carbons (Fsp3) is 0.0769. The van der Waals surface area contributed by atoms with E-state index in [4.69, 9.17) is 0 Å². The van der Waals surface area contributed by atoms with Gasteiger partial charge in [0.05, 0.1) is 17.7 Å². The molecule has 0 radical (unpaired) electrons. The summed E-state index contributed by atoms with van der Waals surface area (Å²) in [6, 6.07) is 8.99. The minimum atomic E-state index is -0.612. The van der Waals surface area contributed by atoms with Gasteiger partial charge in [-0.2, -0.15) is 0 Å². The van der Waals surface area contributed by atoms with E-state index in [2.05, 4.69) is 15.9 Å². The highest BCUT2D eigenvalue weighted by molar-refractivity contribution is 9.10. The SMILES string of the molecule is O=C(Cn1cc([N+](=O)[O-])ccc1=O)c1ccccc1Br. The Morgan fingerprint density at radius 2 is 1.95 bits per heavy atom. The molecule has 0 aliphatic carbocycles. The largest absolute Gasteiger partial charge is 0.301 e. The highest BCUT2D eigenvalue weighted by Crippen LogP contribution is 2.17. The van der Waals surface area contributed by atoms with Gasteiger partial charge in [-0.15, -0.1) is 0 Å². The molecular weight excluding hydrogens is 328 g/mol. The fourth-order valence-electron chi connectivity index (χ4n) is 1.68. The Hall–Kier alpha value is -2.28. The molecule has 0 saturated carbocycles. The number of nitro groups is 1. The summed E-state index contributed by atoms with van der Waals surface area (Å²) in [7, 11) is 0. The number of carbonyl (C=O) groups is 1. The number of carbonyl (C=O) groups excluding carboxylic acids is 1. The van der Waals surface area contributed by atoms with Crippen LogP contribution < -0.4 is 5.56 Å². The van der Waals surface area contributed by atoms with Gasteiger partial charge < -0.3 is 4.57 Å². The molecule has 0 aliphatic heterocycles. The maximum absolute atomic E-state index is 12.1. The number of hydrogen-bond acceptors (Lipinski definition) is 4. The van der Waals surface area contributed by atoms with Crippen molar-refractivity contribution in [3.05, 3.63) is 73.1 Å². The van der Waals surface area contributed by atoms with Gasteiger partial charge in [0.25, 0.3) is 11.2 Å². The maximum atomic E-state index is 12.1. The first kappa shape index (κ1) is 14.1. The van der Waals surface area contributed by atoms with Crippen LogP contribution in [0, 0.1) is 10.1 Å². The lowest BCUT2D eigenvalue weighted by Gasteiger charge is -2.06. The van der Waals surface area contributed by atoms with Gasteiger partial charge in [0, 0.05) is 22.2 Å². The van der Waals surface area contributed by atoms with Crippen molar-refractivity contribution in [2.75, 3.05) is 0 Å². The number of halogens is 1. The summed E-state index contributed by atoms with van der Waals surface area (Å²) in [5, 5.41) is 10.7. The Bertz CT molecular complexity index is 739. The number of aromatic nitrogens is 1. The number of pyridine rings is 1. The smallest absolute Gasteiger partial charge is 0.285 e. The minimum Gasteiger partial charge on any atom is -0.301 e. The molecule has 0 N–H and O–H groups in total. The van der Waals surface area contributed by atoms with Crippen LogP contribution in [0.1, 0.15) is 10.4 Å². The Morgan fingerprint density at radius 3 is 2.60 bits per heavy atom. The van der Waals surface area contributed by atoms with E-state index in [-0.39, 0.29) is 18.0 Å². The molecule has 1 aromatic carbocycles. The third-order valence-electron chi connectivity index (χ3n) is 2.67. The van der Waals surface area contributed by atoms with Crippen molar-refractivity contribution in [1.29, 1.82) is 0 Å². The van der Waals surface area contributed by atoms with Crippen molar-refractivity contribution >= 4 is 27.4 Å². The molecule has 6 nitrogen and oxygen atoms in total. The number of hydrogen-bond donors (Lipinski definition) is 0. The first-order chi connectivity index (χ1) is 9.49. The van der Waals surface area contributed by atoms with Crippen LogP contribution in [-0.2, 0) is 6.54 Å².